The van der Waals surface area contributed by atoms with Crippen molar-refractivity contribution in [1.29, 1.82) is 0 Å². The molecule has 3 atom stereocenters. The van der Waals surface area contributed by atoms with Gasteiger partial charge in [0.25, 0.3) is 5.91 Å². The van der Waals surface area contributed by atoms with Crippen LogP contribution in [0.15, 0.2) is 36.9 Å². The van der Waals surface area contributed by atoms with Crippen LogP contribution in [0, 0.1) is 5.92 Å². The number of allylic oxidation sites excluding steroid dienone is 1. The zero-order valence-corrected chi connectivity index (χ0v) is 18.5. The predicted octanol–water partition coefficient (Wildman–Crippen LogP) is 1.63. The molecule has 180 valence electrons. The number of nitrogens with zero attached hydrogens (tertiary/aromatic N) is 2. The van der Waals surface area contributed by atoms with E-state index in [-0.39, 0.29) is 36.2 Å². The van der Waals surface area contributed by atoms with E-state index in [9.17, 15) is 19.5 Å². The summed E-state index contributed by atoms with van der Waals surface area (Å²) in [6, 6.07) is 5.56. The standard InChI is InChI=1S/C23H28N6O5/c1-2-12(10-15-11-26-20-18(15)19(24)28-23(25)29-20)9-13-3-5-14(6-4-13)21(32)27-16(22(33)34)7-8-17(30)31/h2-6,12,15-16H,1,7-11H2,(H,27,32)(H,30,31)(H,33,34)(H5,24,25,26,28,29)/t12?,15?,16-/m0/s1. The van der Waals surface area contributed by atoms with Crippen molar-refractivity contribution in [2.24, 2.45) is 5.92 Å². The summed E-state index contributed by atoms with van der Waals surface area (Å²) >= 11 is 0. The molecule has 0 spiro atoms. The van der Waals surface area contributed by atoms with Crippen LogP contribution in [0.2, 0.25) is 0 Å². The summed E-state index contributed by atoms with van der Waals surface area (Å²) in [7, 11) is 0. The summed E-state index contributed by atoms with van der Waals surface area (Å²) in [5.74, 6) is -1.58. The lowest BCUT2D eigenvalue weighted by atomic mass is 9.87. The summed E-state index contributed by atoms with van der Waals surface area (Å²) in [6.45, 7) is 4.63. The van der Waals surface area contributed by atoms with Gasteiger partial charge in [-0.1, -0.05) is 18.2 Å². The third-order valence-corrected chi connectivity index (χ3v) is 5.80. The van der Waals surface area contributed by atoms with E-state index < -0.39 is 23.9 Å². The number of hydrogen-bond acceptors (Lipinski definition) is 8. The van der Waals surface area contributed by atoms with Crippen LogP contribution >= 0.6 is 0 Å². The first-order valence-corrected chi connectivity index (χ1v) is 10.8. The lowest BCUT2D eigenvalue weighted by Gasteiger charge is -2.18. The van der Waals surface area contributed by atoms with E-state index in [1.54, 1.807) is 24.3 Å². The van der Waals surface area contributed by atoms with Gasteiger partial charge < -0.3 is 32.3 Å². The molecule has 3 rings (SSSR count). The fourth-order valence-corrected chi connectivity index (χ4v) is 4.06. The number of carbonyl (C=O) groups is 3. The molecule has 0 fully saturated rings. The Balaban J connectivity index is 1.61. The number of aromatic nitrogens is 2. The van der Waals surface area contributed by atoms with Gasteiger partial charge in [-0.3, -0.25) is 9.59 Å². The minimum Gasteiger partial charge on any atom is -0.481 e. The molecule has 0 aliphatic carbocycles. The topological polar surface area (TPSA) is 194 Å². The van der Waals surface area contributed by atoms with E-state index >= 15 is 0 Å². The highest BCUT2D eigenvalue weighted by molar-refractivity contribution is 5.96. The van der Waals surface area contributed by atoms with Crippen LogP contribution in [0.4, 0.5) is 17.6 Å². The van der Waals surface area contributed by atoms with Gasteiger partial charge in [-0.05, 0) is 42.9 Å². The van der Waals surface area contributed by atoms with Gasteiger partial charge in [0.05, 0.1) is 0 Å². The van der Waals surface area contributed by atoms with Crippen molar-refractivity contribution < 1.29 is 24.6 Å². The highest BCUT2D eigenvalue weighted by Gasteiger charge is 2.29. The van der Waals surface area contributed by atoms with Crippen molar-refractivity contribution in [3.05, 3.63) is 53.6 Å². The number of benzene rings is 1. The number of nitrogens with one attached hydrogen (secondary N) is 2. The molecule has 1 aromatic heterocycles. The summed E-state index contributed by atoms with van der Waals surface area (Å²) in [5.41, 5.74) is 13.9. The van der Waals surface area contributed by atoms with E-state index in [1.165, 1.54) is 0 Å². The average Bonchev–Trinajstić information content (AvgIpc) is 3.18. The van der Waals surface area contributed by atoms with Crippen molar-refractivity contribution in [1.82, 2.24) is 15.3 Å². The number of amides is 1. The number of fused-ring (bicyclic) bond motifs is 1. The second kappa shape index (κ2) is 10.6. The Hall–Kier alpha value is -4.15. The number of nitrogen functional groups attached to an aromatic ring is 2. The Labute approximate surface area is 196 Å². The molecule has 2 aromatic rings. The van der Waals surface area contributed by atoms with E-state index in [0.29, 0.717) is 24.6 Å². The monoisotopic (exact) mass is 468 g/mol. The quantitative estimate of drug-likeness (QED) is 0.264. The van der Waals surface area contributed by atoms with Crippen LogP contribution in [0.25, 0.3) is 0 Å². The van der Waals surface area contributed by atoms with Gasteiger partial charge in [0, 0.05) is 30.0 Å². The van der Waals surface area contributed by atoms with E-state index in [4.69, 9.17) is 16.6 Å². The third kappa shape index (κ3) is 6.00. The van der Waals surface area contributed by atoms with Crippen LogP contribution < -0.4 is 22.1 Å². The van der Waals surface area contributed by atoms with Gasteiger partial charge in [-0.15, -0.1) is 6.58 Å². The average molecular weight is 469 g/mol. The first-order chi connectivity index (χ1) is 16.2. The van der Waals surface area contributed by atoms with Crippen molar-refractivity contribution in [2.75, 3.05) is 23.3 Å². The predicted molar refractivity (Wildman–Crippen MR) is 126 cm³/mol. The maximum Gasteiger partial charge on any atom is 0.326 e. The normalized spacial score (nSPS) is 16.1. The molecule has 34 heavy (non-hydrogen) atoms. The molecule has 1 aromatic carbocycles. The molecule has 0 bridgehead atoms. The minimum absolute atomic E-state index is 0.113. The third-order valence-electron chi connectivity index (χ3n) is 5.80. The Morgan fingerprint density at radius 3 is 2.53 bits per heavy atom. The summed E-state index contributed by atoms with van der Waals surface area (Å²) in [5, 5.41) is 23.6. The maximum absolute atomic E-state index is 12.4. The Bertz CT molecular complexity index is 1090. The van der Waals surface area contributed by atoms with Crippen LogP contribution in [-0.2, 0) is 16.0 Å². The fraction of sp³-hybridized carbons (Fsp3) is 0.348. The zero-order valence-electron chi connectivity index (χ0n) is 18.5. The van der Waals surface area contributed by atoms with E-state index in [2.05, 4.69) is 27.2 Å². The van der Waals surface area contributed by atoms with Gasteiger partial charge >= 0.3 is 11.9 Å². The molecule has 1 aliphatic heterocycles. The Kier molecular flexibility index (Phi) is 7.67. The van der Waals surface area contributed by atoms with Crippen molar-refractivity contribution in [3.63, 3.8) is 0 Å². The fourth-order valence-electron chi connectivity index (χ4n) is 4.06. The first-order valence-electron chi connectivity index (χ1n) is 10.8. The highest BCUT2D eigenvalue weighted by atomic mass is 16.4. The molecule has 0 saturated heterocycles. The van der Waals surface area contributed by atoms with Crippen molar-refractivity contribution >= 4 is 35.4 Å². The smallest absolute Gasteiger partial charge is 0.326 e. The SMILES string of the molecule is C=CC(Cc1ccc(C(=O)N[C@@H](CCC(=O)O)C(=O)O)cc1)CC1CNc2nc(N)nc(N)c21. The number of carboxylic acid groups (broad SMARTS) is 2. The molecule has 1 aliphatic rings. The first kappa shape index (κ1) is 24.5. The molecule has 0 saturated carbocycles. The number of rotatable bonds is 11. The van der Waals surface area contributed by atoms with Gasteiger partial charge in [0.15, 0.2) is 0 Å². The summed E-state index contributed by atoms with van der Waals surface area (Å²) in [4.78, 5) is 42.7. The number of carboxylic acids is 2. The molecular formula is C23H28N6O5. The summed E-state index contributed by atoms with van der Waals surface area (Å²) in [6.07, 6.45) is 2.78. The van der Waals surface area contributed by atoms with Crippen LogP contribution in [-0.4, -0.2) is 50.6 Å². The van der Waals surface area contributed by atoms with Crippen LogP contribution in [0.5, 0.6) is 0 Å². The van der Waals surface area contributed by atoms with Crippen molar-refractivity contribution in [3.8, 4) is 0 Å². The highest BCUT2D eigenvalue weighted by Crippen LogP contribution is 2.38. The van der Waals surface area contributed by atoms with Gasteiger partial charge in [-0.2, -0.15) is 9.97 Å². The Morgan fingerprint density at radius 2 is 1.91 bits per heavy atom. The molecule has 0 radical (unpaired) electrons. The van der Waals surface area contributed by atoms with Gasteiger partial charge in [0.1, 0.15) is 17.7 Å². The van der Waals surface area contributed by atoms with E-state index in [0.717, 1.165) is 17.5 Å². The lowest BCUT2D eigenvalue weighted by molar-refractivity contribution is -0.140. The van der Waals surface area contributed by atoms with Crippen LogP contribution in [0.3, 0.4) is 0 Å². The summed E-state index contributed by atoms with van der Waals surface area (Å²) < 4.78 is 0. The van der Waals surface area contributed by atoms with Crippen LogP contribution in [0.1, 0.15) is 46.7 Å². The lowest BCUT2D eigenvalue weighted by Crippen LogP contribution is -2.41. The van der Waals surface area contributed by atoms with Crippen molar-refractivity contribution in [2.45, 2.75) is 37.6 Å². The number of hydrogen-bond donors (Lipinski definition) is 6. The molecular weight excluding hydrogens is 440 g/mol. The van der Waals surface area contributed by atoms with Gasteiger partial charge in [0.2, 0.25) is 5.95 Å². The second-order valence-electron chi connectivity index (χ2n) is 8.24. The molecule has 8 N–H and O–H groups in total. The molecule has 11 heteroatoms. The maximum atomic E-state index is 12.4. The minimum atomic E-state index is -1.28. The number of anilines is 3. The molecule has 2 heterocycles. The largest absolute Gasteiger partial charge is 0.481 e. The number of nitrogens with two attached hydrogens (primary N) is 2. The van der Waals surface area contributed by atoms with Gasteiger partial charge in [-0.25, -0.2) is 4.79 Å². The second-order valence-corrected chi connectivity index (χ2v) is 8.24. The molecule has 11 nitrogen and oxygen atoms in total. The molecule has 2 unspecified atom stereocenters. The number of aliphatic carboxylic acids is 2. The Morgan fingerprint density at radius 1 is 1.21 bits per heavy atom. The number of carbonyl (C=O) groups excluding carboxylic acids is 1. The van der Waals surface area contributed by atoms with E-state index in [1.807, 2.05) is 6.08 Å². The molecule has 1 amide bonds. The zero-order chi connectivity index (χ0) is 24.8.